The summed E-state index contributed by atoms with van der Waals surface area (Å²) in [6.45, 7) is 3.46. The first kappa shape index (κ1) is 15.0. The number of para-hydroxylation sites is 1. The highest BCUT2D eigenvalue weighted by atomic mass is 16.4. The van der Waals surface area contributed by atoms with Crippen LogP contribution in [0.1, 0.15) is 19.4 Å². The van der Waals surface area contributed by atoms with Gasteiger partial charge in [-0.15, -0.1) is 0 Å². The Morgan fingerprint density at radius 2 is 1.89 bits per heavy atom. The average molecular weight is 265 g/mol. The van der Waals surface area contributed by atoms with E-state index in [1.54, 1.807) is 12.1 Å². The van der Waals surface area contributed by atoms with Crippen molar-refractivity contribution >= 4 is 17.7 Å². The van der Waals surface area contributed by atoms with Crippen molar-refractivity contribution in [2.45, 2.75) is 25.9 Å². The quantitative estimate of drug-likeness (QED) is 0.647. The highest BCUT2D eigenvalue weighted by molar-refractivity contribution is 5.94. The first-order valence-corrected chi connectivity index (χ1v) is 5.92. The molecule has 0 atom stereocenters. The lowest BCUT2D eigenvalue weighted by atomic mass is 10.1. The maximum atomic E-state index is 11.8. The third kappa shape index (κ3) is 4.26. The van der Waals surface area contributed by atoms with E-state index < -0.39 is 17.5 Å². The van der Waals surface area contributed by atoms with E-state index in [1.165, 1.54) is 13.8 Å². The molecule has 19 heavy (non-hydrogen) atoms. The molecule has 0 aliphatic rings. The van der Waals surface area contributed by atoms with Crippen molar-refractivity contribution in [3.05, 3.63) is 29.8 Å². The summed E-state index contributed by atoms with van der Waals surface area (Å²) in [5.74, 6) is -1.09. The molecule has 0 radical (unpaired) electrons. The summed E-state index contributed by atoms with van der Waals surface area (Å²) < 4.78 is 0. The van der Waals surface area contributed by atoms with Gasteiger partial charge >= 0.3 is 12.0 Å². The lowest BCUT2D eigenvalue weighted by molar-refractivity contribution is -0.142. The number of urea groups is 1. The lowest BCUT2D eigenvalue weighted by Gasteiger charge is -2.21. The van der Waals surface area contributed by atoms with Gasteiger partial charge in [0, 0.05) is 12.2 Å². The van der Waals surface area contributed by atoms with Crippen molar-refractivity contribution < 1.29 is 14.7 Å². The Hall–Kier alpha value is -2.08. The van der Waals surface area contributed by atoms with Crippen LogP contribution in [0.4, 0.5) is 10.5 Å². The van der Waals surface area contributed by atoms with E-state index >= 15 is 0 Å². The topological polar surface area (TPSA) is 90.5 Å². The van der Waals surface area contributed by atoms with Gasteiger partial charge in [0.2, 0.25) is 0 Å². The first-order chi connectivity index (χ1) is 8.86. The Labute approximate surface area is 112 Å². The zero-order chi connectivity index (χ0) is 14.5. The van der Waals surface area contributed by atoms with E-state index in [2.05, 4.69) is 16.0 Å². The summed E-state index contributed by atoms with van der Waals surface area (Å²) >= 11 is 0. The summed E-state index contributed by atoms with van der Waals surface area (Å²) in [5, 5.41) is 17.0. The number of hydrogen-bond acceptors (Lipinski definition) is 3. The van der Waals surface area contributed by atoms with Crippen molar-refractivity contribution in [2.75, 3.05) is 12.4 Å². The molecule has 1 aromatic rings. The number of anilines is 1. The average Bonchev–Trinajstić information content (AvgIpc) is 2.31. The van der Waals surface area contributed by atoms with Gasteiger partial charge in [0.05, 0.1) is 0 Å². The number of rotatable bonds is 5. The fourth-order valence-corrected chi connectivity index (χ4v) is 1.48. The second-order valence-electron chi connectivity index (χ2n) is 4.70. The molecule has 104 valence electrons. The summed E-state index contributed by atoms with van der Waals surface area (Å²) in [5.41, 5.74) is 0.256. The molecule has 0 saturated heterocycles. The molecule has 0 aliphatic heterocycles. The Bertz CT molecular complexity index is 472. The molecule has 2 amide bonds. The number of benzene rings is 1. The number of carboxylic acids is 1. The van der Waals surface area contributed by atoms with Crippen molar-refractivity contribution in [1.82, 2.24) is 10.6 Å². The molecule has 6 heteroatoms. The lowest BCUT2D eigenvalue weighted by Crippen LogP contribution is -2.51. The minimum atomic E-state index is -1.32. The highest BCUT2D eigenvalue weighted by Gasteiger charge is 2.29. The van der Waals surface area contributed by atoms with Gasteiger partial charge in [-0.2, -0.15) is 0 Å². The van der Waals surface area contributed by atoms with Crippen LogP contribution in [0.5, 0.6) is 0 Å². The van der Waals surface area contributed by atoms with Crippen molar-refractivity contribution in [3.8, 4) is 0 Å². The first-order valence-electron chi connectivity index (χ1n) is 5.92. The van der Waals surface area contributed by atoms with Gasteiger partial charge in [0.15, 0.2) is 0 Å². The van der Waals surface area contributed by atoms with E-state index in [0.29, 0.717) is 12.2 Å². The smallest absolute Gasteiger partial charge is 0.328 e. The van der Waals surface area contributed by atoms with Crippen LogP contribution in [0.15, 0.2) is 24.3 Å². The number of carbonyl (C=O) groups excluding carboxylic acids is 1. The van der Waals surface area contributed by atoms with Crippen LogP contribution >= 0.6 is 0 Å². The normalized spacial score (nSPS) is 10.9. The molecule has 0 saturated carbocycles. The van der Waals surface area contributed by atoms with Gasteiger partial charge in [0.25, 0.3) is 0 Å². The molecule has 1 aromatic carbocycles. The minimum absolute atomic E-state index is 0.545. The maximum absolute atomic E-state index is 11.8. The minimum Gasteiger partial charge on any atom is -0.480 e. The van der Waals surface area contributed by atoms with Gasteiger partial charge in [-0.1, -0.05) is 18.2 Å². The van der Waals surface area contributed by atoms with Crippen LogP contribution in [0.2, 0.25) is 0 Å². The number of carbonyl (C=O) groups is 2. The van der Waals surface area contributed by atoms with Gasteiger partial charge < -0.3 is 21.1 Å². The molecule has 1 rings (SSSR count). The predicted molar refractivity (Wildman–Crippen MR) is 73.1 cm³/mol. The molecule has 0 aromatic heterocycles. The van der Waals surface area contributed by atoms with Crippen molar-refractivity contribution in [2.24, 2.45) is 0 Å². The zero-order valence-electron chi connectivity index (χ0n) is 11.3. The zero-order valence-corrected chi connectivity index (χ0v) is 11.3. The molecular formula is C13H19N3O3. The summed E-state index contributed by atoms with van der Waals surface area (Å²) in [4.78, 5) is 22.7. The Morgan fingerprint density at radius 3 is 2.47 bits per heavy atom. The second-order valence-corrected chi connectivity index (χ2v) is 4.70. The van der Waals surface area contributed by atoms with E-state index in [4.69, 9.17) is 5.11 Å². The second kappa shape index (κ2) is 6.19. The fraction of sp³-hybridized carbons (Fsp3) is 0.385. The number of hydrogen-bond donors (Lipinski definition) is 4. The highest BCUT2D eigenvalue weighted by Crippen LogP contribution is 2.15. The molecule has 0 heterocycles. The van der Waals surface area contributed by atoms with Gasteiger partial charge in [0.1, 0.15) is 5.54 Å². The van der Waals surface area contributed by atoms with Crippen LogP contribution in [0.3, 0.4) is 0 Å². The number of carboxylic acid groups (broad SMARTS) is 1. The number of aliphatic carboxylic acids is 1. The summed E-state index contributed by atoms with van der Waals surface area (Å²) in [6, 6.07) is 6.78. The van der Waals surface area contributed by atoms with Crippen molar-refractivity contribution in [3.63, 3.8) is 0 Å². The fourth-order valence-electron chi connectivity index (χ4n) is 1.48. The molecular weight excluding hydrogens is 246 g/mol. The van der Waals surface area contributed by atoms with Crippen LogP contribution < -0.4 is 16.0 Å². The van der Waals surface area contributed by atoms with E-state index in [1.807, 2.05) is 19.2 Å². The van der Waals surface area contributed by atoms with Crippen LogP contribution in [-0.4, -0.2) is 29.7 Å². The largest absolute Gasteiger partial charge is 0.480 e. The molecule has 0 unspecified atom stereocenters. The molecule has 0 aliphatic carbocycles. The predicted octanol–water partition coefficient (Wildman–Crippen LogP) is 1.39. The molecule has 0 bridgehead atoms. The molecule has 4 N–H and O–H groups in total. The summed E-state index contributed by atoms with van der Waals surface area (Å²) in [7, 11) is 1.81. The van der Waals surface area contributed by atoms with Gasteiger partial charge in [-0.25, -0.2) is 9.59 Å². The Morgan fingerprint density at radius 1 is 1.26 bits per heavy atom. The molecule has 0 fully saturated rings. The van der Waals surface area contributed by atoms with E-state index in [0.717, 1.165) is 5.56 Å². The standard InChI is InChI=1S/C13H19N3O3/c1-13(2,11(17)18)16-12(19)15-10-7-5-4-6-9(10)8-14-3/h4-7,14H,8H2,1-3H3,(H,17,18)(H2,15,16,19). The summed E-state index contributed by atoms with van der Waals surface area (Å²) in [6.07, 6.45) is 0. The van der Waals surface area contributed by atoms with Crippen LogP contribution in [-0.2, 0) is 11.3 Å². The number of amides is 2. The van der Waals surface area contributed by atoms with E-state index in [-0.39, 0.29) is 0 Å². The van der Waals surface area contributed by atoms with Gasteiger partial charge in [-0.3, -0.25) is 0 Å². The Kier molecular flexibility index (Phi) is 4.88. The van der Waals surface area contributed by atoms with Crippen LogP contribution in [0.25, 0.3) is 0 Å². The SMILES string of the molecule is CNCc1ccccc1NC(=O)NC(C)(C)C(=O)O. The van der Waals surface area contributed by atoms with Gasteiger partial charge in [-0.05, 0) is 32.5 Å². The van der Waals surface area contributed by atoms with Crippen molar-refractivity contribution in [1.29, 1.82) is 0 Å². The molecule has 6 nitrogen and oxygen atoms in total. The monoisotopic (exact) mass is 265 g/mol. The Balaban J connectivity index is 2.75. The number of nitrogens with one attached hydrogen (secondary N) is 3. The van der Waals surface area contributed by atoms with E-state index in [9.17, 15) is 9.59 Å². The molecule has 0 spiro atoms. The maximum Gasteiger partial charge on any atom is 0.328 e. The third-order valence-electron chi connectivity index (χ3n) is 2.59. The van der Waals surface area contributed by atoms with Crippen LogP contribution in [0, 0.1) is 0 Å². The third-order valence-corrected chi connectivity index (χ3v) is 2.59.